The zero-order chi connectivity index (χ0) is 8.66. The molecule has 2 N–H and O–H groups in total. The van der Waals surface area contributed by atoms with E-state index in [4.69, 9.17) is 5.73 Å². The van der Waals surface area contributed by atoms with Crippen molar-refractivity contribution in [3.8, 4) is 0 Å². The van der Waals surface area contributed by atoms with Crippen LogP contribution in [0, 0.1) is 5.41 Å². The van der Waals surface area contributed by atoms with E-state index in [9.17, 15) is 0 Å². The molecular weight excluding hydrogens is 146 g/mol. The lowest BCUT2D eigenvalue weighted by atomic mass is 9.71. The molecular formula is C11H21N. The molecule has 1 nitrogen and oxygen atoms in total. The molecule has 2 saturated carbocycles. The van der Waals surface area contributed by atoms with Gasteiger partial charge >= 0.3 is 0 Å². The highest BCUT2D eigenvalue weighted by atomic mass is 14.8. The van der Waals surface area contributed by atoms with Crippen LogP contribution >= 0.6 is 0 Å². The summed E-state index contributed by atoms with van der Waals surface area (Å²) >= 11 is 0. The Kier molecular flexibility index (Phi) is 1.95. The fourth-order valence-corrected chi connectivity index (χ4v) is 2.77. The Morgan fingerprint density at radius 3 is 2.08 bits per heavy atom. The highest BCUT2D eigenvalue weighted by Crippen LogP contribution is 2.48. The molecule has 0 aromatic heterocycles. The van der Waals surface area contributed by atoms with Gasteiger partial charge in [-0.3, -0.25) is 0 Å². The fraction of sp³-hybridized carbons (Fsp3) is 1.00. The smallest absolute Gasteiger partial charge is 0.0160 e. The van der Waals surface area contributed by atoms with Gasteiger partial charge in [-0.15, -0.1) is 0 Å². The lowest BCUT2D eigenvalue weighted by molar-refractivity contribution is 0.179. The maximum Gasteiger partial charge on any atom is 0.0160 e. The van der Waals surface area contributed by atoms with Gasteiger partial charge in [-0.1, -0.05) is 26.2 Å². The Morgan fingerprint density at radius 1 is 1.00 bits per heavy atom. The van der Waals surface area contributed by atoms with Gasteiger partial charge < -0.3 is 5.73 Å². The molecule has 0 aliphatic heterocycles. The van der Waals surface area contributed by atoms with E-state index in [1.54, 1.807) is 0 Å². The first-order valence-corrected chi connectivity index (χ1v) is 5.41. The van der Waals surface area contributed by atoms with Crippen molar-refractivity contribution in [2.24, 2.45) is 11.1 Å². The largest absolute Gasteiger partial charge is 0.325 e. The summed E-state index contributed by atoms with van der Waals surface area (Å²) in [7, 11) is 0. The van der Waals surface area contributed by atoms with Crippen molar-refractivity contribution in [1.29, 1.82) is 0 Å². The third-order valence-electron chi connectivity index (χ3n) is 3.73. The summed E-state index contributed by atoms with van der Waals surface area (Å²) in [5.74, 6) is 0. The molecule has 0 radical (unpaired) electrons. The zero-order valence-corrected chi connectivity index (χ0v) is 8.23. The average molecular weight is 167 g/mol. The van der Waals surface area contributed by atoms with Gasteiger partial charge in [-0.25, -0.2) is 0 Å². The van der Waals surface area contributed by atoms with Crippen molar-refractivity contribution in [3.05, 3.63) is 0 Å². The van der Waals surface area contributed by atoms with E-state index >= 15 is 0 Å². The summed E-state index contributed by atoms with van der Waals surface area (Å²) in [4.78, 5) is 0. The van der Waals surface area contributed by atoms with Gasteiger partial charge in [-0.2, -0.15) is 0 Å². The molecule has 0 bridgehead atoms. The first-order chi connectivity index (χ1) is 5.62. The quantitative estimate of drug-likeness (QED) is 0.672. The van der Waals surface area contributed by atoms with Crippen LogP contribution < -0.4 is 5.73 Å². The third-order valence-corrected chi connectivity index (χ3v) is 3.73. The second-order valence-electron chi connectivity index (χ2n) is 5.41. The Hall–Kier alpha value is -0.0400. The van der Waals surface area contributed by atoms with Crippen LogP contribution in [0.25, 0.3) is 0 Å². The Bertz CT molecular complexity index is 164. The Morgan fingerprint density at radius 2 is 1.58 bits per heavy atom. The minimum Gasteiger partial charge on any atom is -0.325 e. The molecule has 0 heterocycles. The van der Waals surface area contributed by atoms with Gasteiger partial charge in [0.05, 0.1) is 0 Å². The van der Waals surface area contributed by atoms with E-state index in [0.717, 1.165) is 0 Å². The van der Waals surface area contributed by atoms with Gasteiger partial charge in [-0.05, 0) is 37.5 Å². The fourth-order valence-electron chi connectivity index (χ4n) is 2.77. The average Bonchev–Trinajstić information content (AvgIpc) is 2.67. The van der Waals surface area contributed by atoms with Crippen LogP contribution in [0.5, 0.6) is 0 Å². The molecule has 2 aliphatic carbocycles. The van der Waals surface area contributed by atoms with Crippen LogP contribution in [-0.2, 0) is 0 Å². The van der Waals surface area contributed by atoms with Gasteiger partial charge in [0.2, 0.25) is 0 Å². The summed E-state index contributed by atoms with van der Waals surface area (Å²) in [5, 5.41) is 0. The molecule has 70 valence electrons. The lowest BCUT2D eigenvalue weighted by Crippen LogP contribution is -2.32. The van der Waals surface area contributed by atoms with Crippen molar-refractivity contribution < 1.29 is 0 Å². The number of hydrogen-bond acceptors (Lipinski definition) is 1. The molecule has 0 unspecified atom stereocenters. The summed E-state index contributed by atoms with van der Waals surface area (Å²) in [6, 6.07) is 0. The summed E-state index contributed by atoms with van der Waals surface area (Å²) in [5.41, 5.74) is 7.03. The highest BCUT2D eigenvalue weighted by molar-refractivity contribution is 5.02. The van der Waals surface area contributed by atoms with E-state index in [1.165, 1.54) is 51.4 Å². The van der Waals surface area contributed by atoms with Crippen molar-refractivity contribution in [3.63, 3.8) is 0 Å². The first-order valence-electron chi connectivity index (χ1n) is 5.41. The molecule has 0 atom stereocenters. The van der Waals surface area contributed by atoms with Crippen molar-refractivity contribution >= 4 is 0 Å². The van der Waals surface area contributed by atoms with E-state index in [-0.39, 0.29) is 5.54 Å². The van der Waals surface area contributed by atoms with E-state index in [1.807, 2.05) is 0 Å². The molecule has 2 aliphatic rings. The lowest BCUT2D eigenvalue weighted by Gasteiger charge is -2.35. The van der Waals surface area contributed by atoms with Crippen LogP contribution in [0.15, 0.2) is 0 Å². The third kappa shape index (κ3) is 1.82. The van der Waals surface area contributed by atoms with E-state index in [0.29, 0.717) is 5.41 Å². The number of nitrogens with two attached hydrogens (primary N) is 1. The molecule has 0 aromatic carbocycles. The second-order valence-corrected chi connectivity index (χ2v) is 5.41. The summed E-state index contributed by atoms with van der Waals surface area (Å²) in [6.45, 7) is 2.44. The van der Waals surface area contributed by atoms with Crippen LogP contribution in [0.4, 0.5) is 0 Å². The molecule has 0 amide bonds. The summed E-state index contributed by atoms with van der Waals surface area (Å²) < 4.78 is 0. The Labute approximate surface area is 75.7 Å². The minimum absolute atomic E-state index is 0.270. The van der Waals surface area contributed by atoms with E-state index in [2.05, 4.69) is 6.92 Å². The standard InChI is InChI=1S/C11H21N/c1-10(5-3-2-4-6-10)9-11(12)7-8-11/h2-9,12H2,1H3. The topological polar surface area (TPSA) is 26.0 Å². The number of rotatable bonds is 2. The molecule has 0 saturated heterocycles. The van der Waals surface area contributed by atoms with Gasteiger partial charge in [0.25, 0.3) is 0 Å². The molecule has 12 heavy (non-hydrogen) atoms. The van der Waals surface area contributed by atoms with E-state index < -0.39 is 0 Å². The van der Waals surface area contributed by atoms with Gasteiger partial charge in [0, 0.05) is 5.54 Å². The van der Waals surface area contributed by atoms with Crippen LogP contribution in [0.2, 0.25) is 0 Å². The summed E-state index contributed by atoms with van der Waals surface area (Å²) in [6.07, 6.45) is 11.0. The highest BCUT2D eigenvalue weighted by Gasteiger charge is 2.44. The monoisotopic (exact) mass is 167 g/mol. The predicted octanol–water partition coefficient (Wildman–Crippen LogP) is 2.84. The van der Waals surface area contributed by atoms with Crippen molar-refractivity contribution in [1.82, 2.24) is 0 Å². The van der Waals surface area contributed by atoms with Crippen molar-refractivity contribution in [2.45, 2.75) is 63.8 Å². The molecule has 2 rings (SSSR count). The number of hydrogen-bond donors (Lipinski definition) is 1. The molecule has 0 aromatic rings. The SMILES string of the molecule is CC1(CC2(N)CC2)CCCCC1. The van der Waals surface area contributed by atoms with Crippen LogP contribution in [-0.4, -0.2) is 5.54 Å². The maximum absolute atomic E-state index is 6.16. The Balaban J connectivity index is 1.90. The minimum atomic E-state index is 0.270. The zero-order valence-electron chi connectivity index (χ0n) is 8.23. The molecule has 1 heteroatoms. The van der Waals surface area contributed by atoms with Gasteiger partial charge in [0.15, 0.2) is 0 Å². The van der Waals surface area contributed by atoms with Crippen molar-refractivity contribution in [2.75, 3.05) is 0 Å². The molecule has 0 spiro atoms. The predicted molar refractivity (Wildman–Crippen MR) is 52.0 cm³/mol. The first kappa shape index (κ1) is 8.55. The van der Waals surface area contributed by atoms with Crippen LogP contribution in [0.1, 0.15) is 58.3 Å². The second kappa shape index (κ2) is 2.73. The maximum atomic E-state index is 6.16. The normalized spacial score (nSPS) is 31.5. The van der Waals surface area contributed by atoms with Gasteiger partial charge in [0.1, 0.15) is 0 Å². The van der Waals surface area contributed by atoms with Crippen LogP contribution in [0.3, 0.4) is 0 Å². The molecule has 2 fully saturated rings.